The molecule has 1 rings (SSSR count). The van der Waals surface area contributed by atoms with Crippen LogP contribution in [0.5, 0.6) is 0 Å². The van der Waals surface area contributed by atoms with Gasteiger partial charge in [0.2, 0.25) is 0 Å². The van der Waals surface area contributed by atoms with Crippen LogP contribution in [-0.4, -0.2) is 41.8 Å². The van der Waals surface area contributed by atoms with Crippen molar-refractivity contribution < 1.29 is 5.11 Å². The van der Waals surface area contributed by atoms with E-state index in [1.165, 1.54) is 6.33 Å². The number of nitrogens with zero attached hydrogens (tertiary/aromatic N) is 3. The van der Waals surface area contributed by atoms with E-state index in [0.717, 1.165) is 18.2 Å². The van der Waals surface area contributed by atoms with Gasteiger partial charge >= 0.3 is 0 Å². The average molecular weight is 224 g/mol. The molecule has 1 aromatic heterocycles. The van der Waals surface area contributed by atoms with Crippen LogP contribution >= 0.6 is 0 Å². The molecular formula is C11H20N4O. The van der Waals surface area contributed by atoms with Crippen LogP contribution in [0.1, 0.15) is 13.8 Å². The van der Waals surface area contributed by atoms with E-state index in [4.69, 9.17) is 5.11 Å². The lowest BCUT2D eigenvalue weighted by Gasteiger charge is -2.20. The lowest BCUT2D eigenvalue weighted by Crippen LogP contribution is -2.23. The molecule has 0 aliphatic heterocycles. The van der Waals surface area contributed by atoms with Gasteiger partial charge in [-0.2, -0.15) is 0 Å². The fourth-order valence-electron chi connectivity index (χ4n) is 1.48. The predicted octanol–water partition coefficient (Wildman–Crippen LogP) is 0.973. The maximum Gasteiger partial charge on any atom is 0.133 e. The monoisotopic (exact) mass is 224 g/mol. The Labute approximate surface area is 96.5 Å². The van der Waals surface area contributed by atoms with Crippen molar-refractivity contribution in [2.75, 3.05) is 37.0 Å². The lowest BCUT2D eigenvalue weighted by atomic mass is 10.2. The summed E-state index contributed by atoms with van der Waals surface area (Å²) in [6, 6.07) is 1.89. The number of rotatable bonds is 6. The van der Waals surface area contributed by atoms with Crippen LogP contribution in [0, 0.1) is 5.92 Å². The van der Waals surface area contributed by atoms with Crippen molar-refractivity contribution in [3.05, 3.63) is 12.4 Å². The first-order chi connectivity index (χ1) is 7.63. The van der Waals surface area contributed by atoms with E-state index in [0.29, 0.717) is 12.5 Å². The Balaban J connectivity index is 2.65. The van der Waals surface area contributed by atoms with E-state index < -0.39 is 0 Å². The molecule has 0 aromatic carbocycles. The van der Waals surface area contributed by atoms with E-state index in [9.17, 15) is 0 Å². The number of nitrogens with one attached hydrogen (secondary N) is 1. The number of hydrogen-bond acceptors (Lipinski definition) is 5. The van der Waals surface area contributed by atoms with Gasteiger partial charge in [0.15, 0.2) is 0 Å². The second kappa shape index (κ2) is 6.27. The maximum atomic E-state index is 8.71. The van der Waals surface area contributed by atoms with Crippen molar-refractivity contribution in [3.63, 3.8) is 0 Å². The van der Waals surface area contributed by atoms with Crippen LogP contribution in [0.2, 0.25) is 0 Å². The second-order valence-electron chi connectivity index (χ2n) is 4.19. The van der Waals surface area contributed by atoms with E-state index in [2.05, 4.69) is 34.0 Å². The summed E-state index contributed by atoms with van der Waals surface area (Å²) in [6.07, 6.45) is 1.53. The molecule has 1 aromatic rings. The van der Waals surface area contributed by atoms with Gasteiger partial charge in [-0.3, -0.25) is 0 Å². The Morgan fingerprint density at radius 3 is 2.81 bits per heavy atom. The van der Waals surface area contributed by atoms with Crippen LogP contribution < -0.4 is 10.2 Å². The first-order valence-electron chi connectivity index (χ1n) is 5.51. The average Bonchev–Trinajstić information content (AvgIpc) is 2.26. The summed E-state index contributed by atoms with van der Waals surface area (Å²) >= 11 is 0. The van der Waals surface area contributed by atoms with E-state index in [1.54, 1.807) is 0 Å². The molecule has 0 saturated carbocycles. The van der Waals surface area contributed by atoms with Crippen molar-refractivity contribution in [3.8, 4) is 0 Å². The Morgan fingerprint density at radius 1 is 1.44 bits per heavy atom. The van der Waals surface area contributed by atoms with E-state index in [1.807, 2.05) is 13.1 Å². The molecule has 0 aliphatic carbocycles. The minimum absolute atomic E-state index is 0.0984. The Morgan fingerprint density at radius 2 is 2.19 bits per heavy atom. The smallest absolute Gasteiger partial charge is 0.133 e. The first-order valence-corrected chi connectivity index (χ1v) is 5.51. The van der Waals surface area contributed by atoms with E-state index in [-0.39, 0.29) is 6.61 Å². The normalized spacial score (nSPS) is 10.6. The summed E-state index contributed by atoms with van der Waals surface area (Å²) in [4.78, 5) is 10.4. The second-order valence-corrected chi connectivity index (χ2v) is 4.19. The highest BCUT2D eigenvalue weighted by molar-refractivity contribution is 5.47. The van der Waals surface area contributed by atoms with Gasteiger partial charge in [-0.05, 0) is 5.92 Å². The summed E-state index contributed by atoms with van der Waals surface area (Å²) in [6.45, 7) is 5.90. The van der Waals surface area contributed by atoms with Crippen LogP contribution in [0.3, 0.4) is 0 Å². The summed E-state index contributed by atoms with van der Waals surface area (Å²) in [5.41, 5.74) is 0. The van der Waals surface area contributed by atoms with Crippen molar-refractivity contribution in [1.29, 1.82) is 0 Å². The van der Waals surface area contributed by atoms with Crippen molar-refractivity contribution in [1.82, 2.24) is 9.97 Å². The zero-order chi connectivity index (χ0) is 12.0. The summed E-state index contributed by atoms with van der Waals surface area (Å²) < 4.78 is 0. The lowest BCUT2D eigenvalue weighted by molar-refractivity contribution is 0.311. The van der Waals surface area contributed by atoms with Crippen LogP contribution in [0.4, 0.5) is 11.6 Å². The van der Waals surface area contributed by atoms with Crippen molar-refractivity contribution in [2.45, 2.75) is 13.8 Å². The zero-order valence-corrected chi connectivity index (χ0v) is 10.1. The van der Waals surface area contributed by atoms with Crippen molar-refractivity contribution in [2.24, 2.45) is 5.92 Å². The zero-order valence-electron chi connectivity index (χ0n) is 10.1. The molecule has 0 spiro atoms. The highest BCUT2D eigenvalue weighted by Crippen LogP contribution is 2.13. The molecular weight excluding hydrogens is 204 g/mol. The molecule has 0 fully saturated rings. The standard InChI is InChI=1S/C11H20N4O/c1-9(2)7-15(3)11-6-10(12-4-5-16)13-8-14-11/h6,8-9,16H,4-5,7H2,1-3H3,(H,12,13,14). The molecule has 16 heavy (non-hydrogen) atoms. The molecule has 0 unspecified atom stereocenters. The summed E-state index contributed by atoms with van der Waals surface area (Å²) in [5, 5.41) is 11.7. The highest BCUT2D eigenvalue weighted by Gasteiger charge is 2.05. The van der Waals surface area contributed by atoms with Gasteiger partial charge in [-0.25, -0.2) is 9.97 Å². The third kappa shape index (κ3) is 4.02. The molecule has 5 nitrogen and oxygen atoms in total. The van der Waals surface area contributed by atoms with Gasteiger partial charge in [-0.1, -0.05) is 13.8 Å². The molecule has 0 atom stereocenters. The first kappa shape index (κ1) is 12.7. The predicted molar refractivity (Wildman–Crippen MR) is 65.7 cm³/mol. The molecule has 0 radical (unpaired) electrons. The SMILES string of the molecule is CC(C)CN(C)c1cc(NCCO)ncn1. The minimum atomic E-state index is 0.0984. The molecule has 0 bridgehead atoms. The largest absolute Gasteiger partial charge is 0.395 e. The number of hydrogen-bond donors (Lipinski definition) is 2. The molecule has 2 N–H and O–H groups in total. The summed E-state index contributed by atoms with van der Waals surface area (Å²) in [5.74, 6) is 2.23. The van der Waals surface area contributed by atoms with Crippen LogP contribution in [0.25, 0.3) is 0 Å². The number of aliphatic hydroxyl groups is 1. The minimum Gasteiger partial charge on any atom is -0.395 e. The molecule has 0 saturated heterocycles. The number of aromatic nitrogens is 2. The fraction of sp³-hybridized carbons (Fsp3) is 0.636. The maximum absolute atomic E-state index is 8.71. The molecule has 5 heteroatoms. The van der Waals surface area contributed by atoms with Crippen LogP contribution in [-0.2, 0) is 0 Å². The third-order valence-corrected chi connectivity index (χ3v) is 2.10. The van der Waals surface area contributed by atoms with Gasteiger partial charge in [0, 0.05) is 26.2 Å². The van der Waals surface area contributed by atoms with E-state index >= 15 is 0 Å². The topological polar surface area (TPSA) is 61.3 Å². The number of aliphatic hydroxyl groups excluding tert-OH is 1. The van der Waals surface area contributed by atoms with Gasteiger partial charge in [0.25, 0.3) is 0 Å². The fourth-order valence-corrected chi connectivity index (χ4v) is 1.48. The molecule has 0 aliphatic rings. The van der Waals surface area contributed by atoms with Gasteiger partial charge < -0.3 is 15.3 Å². The quantitative estimate of drug-likeness (QED) is 0.754. The van der Waals surface area contributed by atoms with Gasteiger partial charge in [-0.15, -0.1) is 0 Å². The van der Waals surface area contributed by atoms with Crippen molar-refractivity contribution >= 4 is 11.6 Å². The number of anilines is 2. The van der Waals surface area contributed by atoms with Gasteiger partial charge in [0.05, 0.1) is 6.61 Å². The molecule has 0 amide bonds. The molecule has 1 heterocycles. The highest BCUT2D eigenvalue weighted by atomic mass is 16.3. The van der Waals surface area contributed by atoms with Gasteiger partial charge in [0.1, 0.15) is 18.0 Å². The summed E-state index contributed by atoms with van der Waals surface area (Å²) in [7, 11) is 2.01. The molecule has 90 valence electrons. The Bertz CT molecular complexity index is 317. The Hall–Kier alpha value is -1.36. The third-order valence-electron chi connectivity index (χ3n) is 2.10. The Kier molecular flexibility index (Phi) is 4.98. The van der Waals surface area contributed by atoms with Crippen LogP contribution in [0.15, 0.2) is 12.4 Å².